The topological polar surface area (TPSA) is 125 Å². The van der Waals surface area contributed by atoms with Crippen molar-refractivity contribution in [2.24, 2.45) is 5.92 Å². The van der Waals surface area contributed by atoms with Crippen molar-refractivity contribution in [1.82, 2.24) is 15.5 Å². The van der Waals surface area contributed by atoms with Gasteiger partial charge in [-0.3, -0.25) is 14.4 Å². The predicted octanol–water partition coefficient (Wildman–Crippen LogP) is 2.24. The fourth-order valence-corrected chi connectivity index (χ4v) is 5.65. The molecule has 2 atom stereocenters. The van der Waals surface area contributed by atoms with Gasteiger partial charge >= 0.3 is 0 Å². The summed E-state index contributed by atoms with van der Waals surface area (Å²) >= 11 is 0. The van der Waals surface area contributed by atoms with Gasteiger partial charge in [-0.05, 0) is 49.1 Å². The molecule has 0 unspecified atom stereocenters. The van der Waals surface area contributed by atoms with E-state index < -0.39 is 6.04 Å². The molecule has 11 nitrogen and oxygen atoms in total. The summed E-state index contributed by atoms with van der Waals surface area (Å²) in [6.07, 6.45) is 2.33. The first kappa shape index (κ1) is 29.5. The number of amides is 3. The lowest BCUT2D eigenvalue weighted by molar-refractivity contribution is -0.142. The first-order chi connectivity index (χ1) is 20.4. The Morgan fingerprint density at radius 2 is 1.76 bits per heavy atom. The highest BCUT2D eigenvalue weighted by Gasteiger charge is 2.36. The van der Waals surface area contributed by atoms with Crippen LogP contribution in [0.15, 0.2) is 36.4 Å². The Balaban J connectivity index is 1.39. The van der Waals surface area contributed by atoms with E-state index in [1.54, 1.807) is 25.3 Å². The number of ether oxygens (including phenoxy) is 5. The van der Waals surface area contributed by atoms with E-state index in [2.05, 4.69) is 10.6 Å². The van der Waals surface area contributed by atoms with Gasteiger partial charge in [-0.15, -0.1) is 0 Å². The van der Waals surface area contributed by atoms with Crippen LogP contribution in [0.2, 0.25) is 0 Å². The third-order valence-corrected chi connectivity index (χ3v) is 8.03. The van der Waals surface area contributed by atoms with Crippen LogP contribution in [0, 0.1) is 5.92 Å². The molecule has 0 saturated carbocycles. The molecule has 42 heavy (non-hydrogen) atoms. The highest BCUT2D eigenvalue weighted by Crippen LogP contribution is 2.30. The Labute approximate surface area is 245 Å². The van der Waals surface area contributed by atoms with Gasteiger partial charge in [0, 0.05) is 63.2 Å². The van der Waals surface area contributed by atoms with E-state index in [1.165, 1.54) is 7.11 Å². The van der Waals surface area contributed by atoms with Crippen LogP contribution in [0.3, 0.4) is 0 Å². The van der Waals surface area contributed by atoms with Crippen LogP contribution in [0.5, 0.6) is 23.0 Å². The van der Waals surface area contributed by atoms with Gasteiger partial charge in [0.1, 0.15) is 17.6 Å². The minimum absolute atomic E-state index is 0.0735. The number of fused-ring (bicyclic) bond motifs is 9. The molecule has 226 valence electrons. The molecule has 2 aromatic carbocycles. The summed E-state index contributed by atoms with van der Waals surface area (Å²) in [7, 11) is 3.11. The van der Waals surface area contributed by atoms with Gasteiger partial charge in [0.15, 0.2) is 18.1 Å². The first-order valence-electron chi connectivity index (χ1n) is 14.5. The molecule has 0 spiro atoms. The number of hydrogen-bond donors (Lipinski definition) is 2. The minimum atomic E-state index is -0.459. The number of nitrogens with one attached hydrogen (secondary N) is 2. The van der Waals surface area contributed by atoms with Crippen molar-refractivity contribution < 1.29 is 38.1 Å². The highest BCUT2D eigenvalue weighted by atomic mass is 16.5. The smallest absolute Gasteiger partial charge is 0.258 e. The highest BCUT2D eigenvalue weighted by molar-refractivity contribution is 5.80. The maximum atomic E-state index is 13.3. The van der Waals surface area contributed by atoms with Gasteiger partial charge in [-0.2, -0.15) is 0 Å². The van der Waals surface area contributed by atoms with Crippen LogP contribution in [0.1, 0.15) is 36.8 Å². The lowest BCUT2D eigenvalue weighted by Crippen LogP contribution is -2.59. The Morgan fingerprint density at radius 1 is 0.952 bits per heavy atom. The van der Waals surface area contributed by atoms with Crippen molar-refractivity contribution >= 4 is 17.7 Å². The zero-order chi connectivity index (χ0) is 29.5. The molecule has 4 aliphatic heterocycles. The quantitative estimate of drug-likeness (QED) is 0.566. The van der Waals surface area contributed by atoms with E-state index in [9.17, 15) is 14.4 Å². The Hall–Kier alpha value is -3.99. The molecule has 3 amide bonds. The number of aryl methyl sites for hydroxylation is 1. The van der Waals surface area contributed by atoms with Gasteiger partial charge in [-0.1, -0.05) is 6.07 Å². The van der Waals surface area contributed by atoms with E-state index in [0.29, 0.717) is 81.5 Å². The summed E-state index contributed by atoms with van der Waals surface area (Å²) in [5.74, 6) is 1.64. The van der Waals surface area contributed by atoms with Crippen LogP contribution < -0.4 is 29.6 Å². The summed E-state index contributed by atoms with van der Waals surface area (Å²) in [4.78, 5) is 41.0. The fourth-order valence-electron chi connectivity index (χ4n) is 5.65. The van der Waals surface area contributed by atoms with Gasteiger partial charge in [0.25, 0.3) is 5.91 Å². The van der Waals surface area contributed by atoms with Gasteiger partial charge in [0.05, 0.1) is 20.3 Å². The van der Waals surface area contributed by atoms with E-state index in [0.717, 1.165) is 11.1 Å². The van der Waals surface area contributed by atoms with Crippen molar-refractivity contribution in [3.63, 3.8) is 0 Å². The normalized spacial score (nSPS) is 22.2. The molecule has 6 rings (SSSR count). The zero-order valence-corrected chi connectivity index (χ0v) is 24.2. The molecule has 0 radical (unpaired) electrons. The van der Waals surface area contributed by atoms with Crippen LogP contribution in [0.25, 0.3) is 0 Å². The van der Waals surface area contributed by atoms with Crippen LogP contribution in [-0.4, -0.2) is 81.9 Å². The van der Waals surface area contributed by atoms with Crippen molar-refractivity contribution in [2.45, 2.75) is 50.8 Å². The molecule has 4 bridgehead atoms. The minimum Gasteiger partial charge on any atom is -0.496 e. The molecule has 0 aliphatic carbocycles. The van der Waals surface area contributed by atoms with E-state index in [4.69, 9.17) is 23.7 Å². The van der Waals surface area contributed by atoms with Crippen LogP contribution in [0.4, 0.5) is 0 Å². The van der Waals surface area contributed by atoms with Crippen molar-refractivity contribution in [3.05, 3.63) is 47.5 Å². The van der Waals surface area contributed by atoms with Crippen LogP contribution >= 0.6 is 0 Å². The fraction of sp³-hybridized carbons (Fsp3) is 0.516. The van der Waals surface area contributed by atoms with Gasteiger partial charge in [-0.25, -0.2) is 0 Å². The summed E-state index contributed by atoms with van der Waals surface area (Å²) in [5.41, 5.74) is 1.70. The molecule has 2 N–H and O–H groups in total. The first-order valence-corrected chi connectivity index (χ1v) is 14.5. The largest absolute Gasteiger partial charge is 0.496 e. The number of benzene rings is 2. The maximum absolute atomic E-state index is 13.3. The second-order valence-corrected chi connectivity index (χ2v) is 10.8. The number of carbonyl (C=O) groups excluding carboxylic acids is 3. The monoisotopic (exact) mass is 581 g/mol. The predicted molar refractivity (Wildman–Crippen MR) is 153 cm³/mol. The Morgan fingerprint density at radius 3 is 2.55 bits per heavy atom. The third-order valence-electron chi connectivity index (χ3n) is 8.03. The van der Waals surface area contributed by atoms with E-state index in [-0.39, 0.29) is 42.8 Å². The second-order valence-electron chi connectivity index (χ2n) is 10.8. The number of hydrogen-bond acceptors (Lipinski definition) is 8. The number of piperidine rings is 1. The van der Waals surface area contributed by atoms with E-state index >= 15 is 0 Å². The molecule has 11 heteroatoms. The van der Waals surface area contributed by atoms with Crippen LogP contribution in [-0.2, 0) is 32.1 Å². The number of methoxy groups -OCH3 is 2. The number of carbonyl (C=O) groups is 3. The number of rotatable bonds is 3. The van der Waals surface area contributed by atoms with Crippen molar-refractivity contribution in [3.8, 4) is 23.0 Å². The summed E-state index contributed by atoms with van der Waals surface area (Å²) in [6, 6.07) is 10.4. The zero-order valence-electron chi connectivity index (χ0n) is 24.2. The molecular formula is C31H39N3O8. The lowest BCUT2D eigenvalue weighted by atomic mass is 9.95. The summed E-state index contributed by atoms with van der Waals surface area (Å²) in [6.45, 7) is 2.07. The molecule has 2 saturated heterocycles. The maximum Gasteiger partial charge on any atom is 0.258 e. The SMILES string of the molecule is COc1cc2ccc1CNC(=O)CCc1ccc(OC)c(c1)OCC(=O)N[C@@H]1CN(C(=O)C3CCOCC3)CC[C@@H]1O2. The molecular weight excluding hydrogens is 542 g/mol. The average Bonchev–Trinajstić information content (AvgIpc) is 3.02. The lowest BCUT2D eigenvalue weighted by Gasteiger charge is -2.40. The second kappa shape index (κ2) is 13.8. The average molecular weight is 582 g/mol. The third kappa shape index (κ3) is 7.25. The summed E-state index contributed by atoms with van der Waals surface area (Å²) < 4.78 is 28.7. The molecule has 2 fully saturated rings. The Kier molecular flexibility index (Phi) is 9.68. The molecule has 4 heterocycles. The molecule has 4 aliphatic rings. The van der Waals surface area contributed by atoms with E-state index in [1.807, 2.05) is 23.1 Å². The summed E-state index contributed by atoms with van der Waals surface area (Å²) in [5, 5.41) is 6.01. The molecule has 0 aromatic heterocycles. The van der Waals surface area contributed by atoms with Gasteiger partial charge in [0.2, 0.25) is 11.8 Å². The number of nitrogens with zero attached hydrogens (tertiary/aromatic N) is 1. The van der Waals surface area contributed by atoms with Gasteiger partial charge < -0.3 is 39.2 Å². The van der Waals surface area contributed by atoms with Crippen molar-refractivity contribution in [2.75, 3.05) is 47.1 Å². The standard InChI is InChI=1S/C31H39N3O8/c1-38-26-7-3-20-4-8-29(35)32-17-22-5-6-23(16-27(22)39-2)42-25-9-12-34(31(37)21-10-13-40-14-11-21)18-24(25)33-30(36)19-41-28(26)15-20/h3,5-7,15-16,21,24-25H,4,8-14,17-19H2,1-2H3,(H,32,35)(H,33,36)/t24-,25+/m1/s1. The van der Waals surface area contributed by atoms with Crippen molar-refractivity contribution in [1.29, 1.82) is 0 Å². The Bertz CT molecular complexity index is 1280. The number of likely N-dealkylation sites (tertiary alicyclic amines) is 1. The molecule has 2 aromatic rings.